The van der Waals surface area contributed by atoms with Gasteiger partial charge in [-0.25, -0.2) is 18.7 Å². The first-order valence-electron chi connectivity index (χ1n) is 24.3. The Morgan fingerprint density at radius 1 is 0.662 bits per heavy atom. The second-order valence-corrected chi connectivity index (χ2v) is 22.2. The zero-order valence-electron chi connectivity index (χ0n) is 44.1. The molecule has 7 rings (SSSR count). The number of benzene rings is 2. The summed E-state index contributed by atoms with van der Waals surface area (Å²) in [6.45, 7) is 10.3. The van der Waals surface area contributed by atoms with E-state index >= 15 is 0 Å². The van der Waals surface area contributed by atoms with Crippen LogP contribution in [0.3, 0.4) is 0 Å². The predicted molar refractivity (Wildman–Crippen MR) is 276 cm³/mol. The molecule has 3 aliphatic rings. The molecule has 5 heterocycles. The van der Waals surface area contributed by atoms with Gasteiger partial charge in [-0.1, -0.05) is 64.1 Å². The Balaban J connectivity index is 0.000000276. The molecule has 9 N–H and O–H groups in total. The highest BCUT2D eigenvalue weighted by Gasteiger charge is 2.57. The number of para-hydroxylation sites is 2. The van der Waals surface area contributed by atoms with E-state index in [9.17, 15) is 38.5 Å². The fraction of sp³-hybridized carbons (Fsp3) is 0.542. The summed E-state index contributed by atoms with van der Waals surface area (Å²) in [4.78, 5) is 56.9. The highest BCUT2D eigenvalue weighted by atomic mass is 31.2. The van der Waals surface area contributed by atoms with Crippen LogP contribution >= 0.6 is 15.5 Å². The maximum atomic E-state index is 14.0. The zero-order chi connectivity index (χ0) is 56.8. The van der Waals surface area contributed by atoms with Gasteiger partial charge in [-0.2, -0.15) is 20.1 Å². The van der Waals surface area contributed by atoms with Gasteiger partial charge in [-0.3, -0.25) is 27.8 Å². The molecule has 27 nitrogen and oxygen atoms in total. The number of nitrogens with one attached hydrogen (secondary N) is 2. The first-order chi connectivity index (χ1) is 36.4. The molecule has 2 unspecified atom stereocenters. The minimum absolute atomic E-state index is 0.0178. The van der Waals surface area contributed by atoms with Gasteiger partial charge in [0.2, 0.25) is 0 Å². The van der Waals surface area contributed by atoms with E-state index < -0.39 is 112 Å². The van der Waals surface area contributed by atoms with E-state index in [1.165, 1.54) is 43.3 Å². The topological polar surface area (TPSA) is 367 Å². The molecule has 0 radical (unpaired) electrons. The van der Waals surface area contributed by atoms with Gasteiger partial charge in [-0.15, -0.1) is 0 Å². The van der Waals surface area contributed by atoms with Crippen LogP contribution in [-0.4, -0.2) is 135 Å². The minimum Gasteiger partial charge on any atom is -0.468 e. The predicted octanol–water partition coefficient (Wildman–Crippen LogP) is 3.06. The van der Waals surface area contributed by atoms with E-state index in [1.54, 1.807) is 74.5 Å². The summed E-state index contributed by atoms with van der Waals surface area (Å²) in [5.74, 6) is -1.61. The number of anilines is 2. The Morgan fingerprint density at radius 3 is 1.48 bits per heavy atom. The summed E-state index contributed by atoms with van der Waals surface area (Å²) >= 11 is 0. The van der Waals surface area contributed by atoms with Crippen molar-refractivity contribution in [3.63, 3.8) is 0 Å². The van der Waals surface area contributed by atoms with Crippen molar-refractivity contribution in [3.05, 3.63) is 106 Å². The van der Waals surface area contributed by atoms with Crippen molar-refractivity contribution in [1.82, 2.24) is 29.3 Å². The third-order valence-electron chi connectivity index (χ3n) is 11.5. The molecule has 4 aromatic rings. The van der Waals surface area contributed by atoms with E-state index in [-0.39, 0.29) is 48.0 Å². The lowest BCUT2D eigenvalue weighted by atomic mass is 10.1. The van der Waals surface area contributed by atoms with Crippen LogP contribution in [0, 0.1) is 11.8 Å². The number of carbonyl (C=O) groups excluding carboxylic acids is 2. The van der Waals surface area contributed by atoms with Crippen molar-refractivity contribution in [3.8, 4) is 11.5 Å². The van der Waals surface area contributed by atoms with E-state index in [2.05, 4.69) is 20.1 Å². The van der Waals surface area contributed by atoms with Crippen molar-refractivity contribution < 1.29 is 80.6 Å². The van der Waals surface area contributed by atoms with Crippen LogP contribution < -0.4 is 42.1 Å². The Labute approximate surface area is 444 Å². The fourth-order valence-corrected chi connectivity index (χ4v) is 11.2. The molecule has 12 atom stereocenters. The molecule has 0 amide bonds. The number of aromatic nitrogens is 4. The Morgan fingerprint density at radius 2 is 1.06 bits per heavy atom. The van der Waals surface area contributed by atoms with Crippen LogP contribution in [0.15, 0.2) is 94.8 Å². The van der Waals surface area contributed by atoms with Crippen LogP contribution in [0.2, 0.25) is 0 Å². The average molecular weight is 1130 g/mol. The molecular weight excluding hydrogens is 1050 g/mol. The number of carbonyl (C=O) groups is 2. The van der Waals surface area contributed by atoms with Gasteiger partial charge in [0.1, 0.15) is 71.8 Å². The molecule has 0 saturated carbocycles. The van der Waals surface area contributed by atoms with E-state index in [0.29, 0.717) is 6.42 Å². The zero-order valence-corrected chi connectivity index (χ0v) is 45.8. The molecule has 0 aliphatic carbocycles. The number of ether oxygens (including phenoxy) is 6. The highest BCUT2D eigenvalue weighted by Crippen LogP contribution is 2.49. The van der Waals surface area contributed by atoms with E-state index in [0.717, 1.165) is 11.7 Å². The molecule has 2 aromatic carbocycles. The summed E-state index contributed by atoms with van der Waals surface area (Å²) in [5, 5.41) is 33.3. The Kier molecular flexibility index (Phi) is 22.5. The first kappa shape index (κ1) is 62.2. The number of hydrogen-bond acceptors (Lipinski definition) is 23. The van der Waals surface area contributed by atoms with Gasteiger partial charge in [-0.05, 0) is 74.9 Å². The summed E-state index contributed by atoms with van der Waals surface area (Å²) < 4.78 is 86.4. The Bertz CT molecular complexity index is 2760. The van der Waals surface area contributed by atoms with Crippen molar-refractivity contribution in [1.29, 1.82) is 0 Å². The van der Waals surface area contributed by atoms with E-state index in [4.69, 9.17) is 63.1 Å². The second kappa shape index (κ2) is 27.8. The molecule has 3 saturated heterocycles. The number of nitrogens with zero attached hydrogens (tertiary/aromatic N) is 4. The molecule has 29 heteroatoms. The minimum atomic E-state index is -4.25. The smallest absolute Gasteiger partial charge is 0.459 e. The average Bonchev–Trinajstić information content (AvgIpc) is 4.04. The Hall–Kier alpha value is -5.64. The van der Waals surface area contributed by atoms with Crippen molar-refractivity contribution in [2.45, 2.75) is 121 Å². The second-order valence-electron chi connectivity index (χ2n) is 18.8. The number of nitrogens with two attached hydrogens (primary N) is 2. The number of methoxy groups -OCH3 is 2. The lowest BCUT2D eigenvalue weighted by molar-refractivity contribution is -0.200. The van der Waals surface area contributed by atoms with E-state index in [1.807, 2.05) is 27.7 Å². The lowest BCUT2D eigenvalue weighted by Crippen LogP contribution is -2.39. The molecule has 3 aliphatic heterocycles. The van der Waals surface area contributed by atoms with Gasteiger partial charge >= 0.3 is 38.8 Å². The third kappa shape index (κ3) is 17.2. The van der Waals surface area contributed by atoms with Crippen LogP contribution in [0.5, 0.6) is 11.5 Å². The summed E-state index contributed by atoms with van der Waals surface area (Å²) in [6.07, 6.45) is -5.28. The number of hydrogen-bond donors (Lipinski definition) is 7. The number of aliphatic hydroxyl groups is 3. The number of fused-ring (bicyclic) bond motifs is 1. The molecule has 0 spiro atoms. The normalized spacial score (nSPS) is 24.6. The maximum Gasteiger partial charge on any atom is 0.459 e. The van der Waals surface area contributed by atoms with Gasteiger partial charge in [0.05, 0.1) is 27.4 Å². The number of nitrogen functional groups attached to an aromatic ring is 2. The van der Waals surface area contributed by atoms with Crippen molar-refractivity contribution >= 4 is 39.1 Å². The van der Waals surface area contributed by atoms with Crippen LogP contribution in [0.1, 0.15) is 66.8 Å². The standard InChI is InChI=1S/C25H35N4O9P.C22H31N4O9P.CH4O/c1-15(2)13-17(23(30)33-5)28-39(32,38-16-9-7-6-8-10-16)34-14-18-20-21(37-25(3,4)36-20)22(35-18)29-12-11-19(26)27-24(29)31;1-13(2)11-15(21(29)32-3)25-36(31,35-14-7-5-4-6-8-14)33-12-16-18(27)19(28)20(34-16)26-10-9-17(23)24-22(26)30;1-2/h6-12,15,17-18,20-22H,13-14H2,1-5H3,(H,28,32)(H2,26,27,31);4-10,13,15-16,18-20,27-28H,11-12H2,1-3H3,(H,25,31)(H2,23,24,30);2H,1H3/t17-,18+,20+,21+,22+,39?;15-,16+,18+,19+,20+,36?;/m00./s1. The third-order valence-corrected chi connectivity index (χ3v) is 14.6. The lowest BCUT2D eigenvalue weighted by Gasteiger charge is -2.27. The van der Waals surface area contributed by atoms with Crippen LogP contribution in [-0.2, 0) is 56.2 Å². The molecule has 3 fully saturated rings. The molecule has 77 heavy (non-hydrogen) atoms. The van der Waals surface area contributed by atoms with Crippen LogP contribution in [0.25, 0.3) is 0 Å². The van der Waals surface area contributed by atoms with Crippen molar-refractivity contribution in [2.24, 2.45) is 11.8 Å². The summed E-state index contributed by atoms with van der Waals surface area (Å²) in [5.41, 5.74) is 9.72. The SMILES string of the molecule is CO.COC(=O)[C@H](CC(C)C)NP(=O)(OC[C@H]1O[C@@H](n2ccc(N)nc2=O)[C@@H]2OC(C)(C)O[C@@H]21)Oc1ccccc1.COC(=O)[C@H](CC(C)C)NP(=O)(OC[C@H]1O[C@@H](n2ccc(N)nc2=O)[C@H](O)[C@@H]1O)Oc1ccccc1. The van der Waals surface area contributed by atoms with Crippen LogP contribution in [0.4, 0.5) is 11.6 Å². The largest absolute Gasteiger partial charge is 0.468 e. The maximum absolute atomic E-state index is 14.0. The number of aliphatic hydroxyl groups excluding tert-OH is 3. The quantitative estimate of drug-likeness (QED) is 0.0439. The van der Waals surface area contributed by atoms with Gasteiger partial charge < -0.3 is 64.3 Å². The molecule has 2 aromatic heterocycles. The summed E-state index contributed by atoms with van der Waals surface area (Å²) in [6, 6.07) is 17.4. The molecule has 426 valence electrons. The fourth-order valence-electron chi connectivity index (χ4n) is 8.13. The van der Waals surface area contributed by atoms with Gasteiger partial charge in [0.15, 0.2) is 18.2 Å². The van der Waals surface area contributed by atoms with Gasteiger partial charge in [0, 0.05) is 19.5 Å². The van der Waals surface area contributed by atoms with Crippen molar-refractivity contribution in [2.75, 3.05) is 46.0 Å². The first-order valence-corrected chi connectivity index (χ1v) is 27.4. The molecular formula is C48H70N8O19P2. The number of rotatable bonds is 22. The van der Waals surface area contributed by atoms with Gasteiger partial charge in [0.25, 0.3) is 0 Å². The monoisotopic (exact) mass is 1120 g/mol. The molecule has 0 bridgehead atoms. The number of esters is 2. The summed E-state index contributed by atoms with van der Waals surface area (Å²) in [7, 11) is -4.96. The highest BCUT2D eigenvalue weighted by molar-refractivity contribution is 7.52.